The number of rotatable bonds is 12. The van der Waals surface area contributed by atoms with Crippen molar-refractivity contribution >= 4 is 86.8 Å². The second kappa shape index (κ2) is 31.0. The number of carboxylic acids is 1. The van der Waals surface area contributed by atoms with E-state index in [1.165, 1.54) is 99.3 Å². The van der Waals surface area contributed by atoms with E-state index in [-0.39, 0.29) is 73.8 Å². The number of hydrogen-bond acceptors (Lipinski definition) is 13. The van der Waals surface area contributed by atoms with E-state index in [0.717, 1.165) is 0 Å². The molecule has 0 saturated carbocycles. The average molecular weight is 1360 g/mol. The number of benzene rings is 5. The Morgan fingerprint density at radius 3 is 1.81 bits per heavy atom. The first kappa shape index (κ1) is 70.0. The number of nitrogens with zero attached hydrogens (tertiary/aromatic N) is 2. The SMILES string of the molecule is COc1ccc(C[C@@H]2NC(=O)[C@H](Cc3cnc[nH]3)NC(=O)[C@H](CC(=O)O)NC(=O)[C@H](Cc3c[nH]c4ccc(F)cc34)NC(=O)[C@H](Cc3c[nH]c4ccc(F)cc34)NC(=O)[C@@H](C)NC(=O)Cc3cccc(c3)CNC(=O)c3ccc(cc3)C[C@@H](C(N)=O)NC(=O)[C@]3(C)CCCN3C2=O)cc1. The summed E-state index contributed by atoms with van der Waals surface area (Å²) in [4.78, 5) is 172. The summed E-state index contributed by atoms with van der Waals surface area (Å²) in [5.41, 5.74) is 8.36. The Hall–Kier alpha value is -11.8. The number of carbonyl (C=O) groups excluding carboxylic acids is 10. The lowest BCUT2D eigenvalue weighted by molar-refractivity contribution is -0.147. The number of nitrogens with two attached hydrogens (primary N) is 1. The molecule has 3 aliphatic heterocycles. The van der Waals surface area contributed by atoms with E-state index >= 15 is 19.2 Å². The summed E-state index contributed by atoms with van der Waals surface area (Å²) in [5, 5.41) is 32.2. The number of carboxylic acid groups (broad SMARTS) is 1. The van der Waals surface area contributed by atoms with Crippen molar-refractivity contribution in [1.29, 1.82) is 0 Å². The van der Waals surface area contributed by atoms with E-state index in [1.54, 1.807) is 60.7 Å². The van der Waals surface area contributed by atoms with E-state index in [0.29, 0.717) is 56.4 Å². The number of halogens is 2. The number of aromatic amines is 3. The second-order valence-corrected chi connectivity index (χ2v) is 24.8. The fraction of sp³-hybridized carbons (Fsp3) is 0.314. The van der Waals surface area contributed by atoms with Crippen molar-refractivity contribution in [2.75, 3.05) is 13.7 Å². The molecule has 11 rings (SSSR count). The maximum Gasteiger partial charge on any atom is 0.305 e. The van der Waals surface area contributed by atoms with Crippen LogP contribution in [0.15, 0.2) is 134 Å². The van der Waals surface area contributed by atoms with E-state index in [1.807, 2.05) is 0 Å². The third-order valence-electron chi connectivity index (χ3n) is 17.7. The highest BCUT2D eigenvalue weighted by Gasteiger charge is 2.49. The molecule has 4 bridgehead atoms. The highest BCUT2D eigenvalue weighted by atomic mass is 19.1. The van der Waals surface area contributed by atoms with E-state index in [4.69, 9.17) is 10.5 Å². The molecular weight excluding hydrogens is 1280 g/mol. The van der Waals surface area contributed by atoms with Gasteiger partial charge >= 0.3 is 5.97 Å². The maximum absolute atomic E-state index is 15.3. The summed E-state index contributed by atoms with van der Waals surface area (Å²) >= 11 is 0. The van der Waals surface area contributed by atoms with Crippen LogP contribution >= 0.6 is 0 Å². The number of nitrogens with one attached hydrogen (secondary N) is 11. The van der Waals surface area contributed by atoms with Crippen molar-refractivity contribution in [3.8, 4) is 5.75 Å². The van der Waals surface area contributed by atoms with Gasteiger partial charge in [-0.05, 0) is 121 Å². The molecule has 3 aliphatic rings. The molecule has 0 unspecified atom stereocenters. The van der Waals surface area contributed by atoms with E-state index in [2.05, 4.69) is 62.5 Å². The lowest BCUT2D eigenvalue weighted by atomic mass is 9.94. The topological polar surface area (TPSA) is 403 Å². The normalized spacial score (nSPS) is 22.3. The summed E-state index contributed by atoms with van der Waals surface area (Å²) in [6.07, 6.45) is 3.11. The van der Waals surface area contributed by atoms with Crippen LogP contribution in [0.1, 0.15) is 82.5 Å². The molecule has 99 heavy (non-hydrogen) atoms. The van der Waals surface area contributed by atoms with Crippen LogP contribution in [0.25, 0.3) is 21.8 Å². The number of fused-ring (bicyclic) bond motifs is 28. The predicted molar refractivity (Wildman–Crippen MR) is 354 cm³/mol. The Kier molecular flexibility index (Phi) is 21.9. The first-order valence-corrected chi connectivity index (χ1v) is 31.9. The minimum Gasteiger partial charge on any atom is -0.497 e. The molecule has 1 saturated heterocycles. The number of hydrogen-bond donors (Lipinski definition) is 13. The standard InChI is InChI=1S/C70H74F2N14O13/c1-37-62(91)80-54(26-43-33-75-51-18-14-45(71)28-49(43)51)64(93)81-55(27-44-34-76-52-19-15-46(72)29-50(44)52)65(94)83-57(31-60(88)89)67(96)82-56(30-47-35-74-36-78-47)66(95)84-58(24-39-10-16-48(99-3)17-11-39)68(97)86-21-5-20-70(86,2)69(98)85-53(61(73)90)23-38-8-12-42(13-9-38)63(92)77-32-41-7-4-6-40(22-41)25-59(87)79-37/h4,6-19,22,28-29,33-37,53-58,75-76H,5,20-21,23-27,30-32H2,1-3H3,(H2,73,90)(H,74,78)(H,77,92)(H,79,87)(H,80,91)(H,81,93)(H,82,96)(H,83,94)(H,84,95)(H,85,98)(H,88,89)/t37-,53+,54+,55+,56+,57+,58+,70+/m1/s1. The number of amides is 10. The molecule has 29 heteroatoms. The van der Waals surface area contributed by atoms with Gasteiger partial charge in [0.05, 0.1) is 26.3 Å². The number of aromatic nitrogens is 4. The van der Waals surface area contributed by atoms with Gasteiger partial charge < -0.3 is 78.0 Å². The molecule has 1 fully saturated rings. The Labute approximate surface area is 564 Å². The van der Waals surface area contributed by atoms with Gasteiger partial charge in [-0.2, -0.15) is 0 Å². The molecular formula is C70H74F2N14O13. The van der Waals surface area contributed by atoms with Gasteiger partial charge in [0.15, 0.2) is 0 Å². The predicted octanol–water partition coefficient (Wildman–Crippen LogP) is 2.41. The quantitative estimate of drug-likeness (QED) is 0.0782. The third kappa shape index (κ3) is 17.4. The van der Waals surface area contributed by atoms with Crippen LogP contribution in [-0.4, -0.2) is 156 Å². The number of ether oxygens (including phenoxy) is 1. The first-order valence-electron chi connectivity index (χ1n) is 31.9. The number of carbonyl (C=O) groups is 11. The van der Waals surface area contributed by atoms with Gasteiger partial charge in [0.1, 0.15) is 65.2 Å². The number of methoxy groups -OCH3 is 1. The van der Waals surface area contributed by atoms with Gasteiger partial charge in [-0.15, -0.1) is 0 Å². The van der Waals surface area contributed by atoms with Crippen LogP contribution in [0.4, 0.5) is 8.78 Å². The summed E-state index contributed by atoms with van der Waals surface area (Å²) in [6, 6.07) is 16.0. The largest absolute Gasteiger partial charge is 0.497 e. The van der Waals surface area contributed by atoms with Crippen LogP contribution in [0.3, 0.4) is 0 Å². The second-order valence-electron chi connectivity index (χ2n) is 24.8. The van der Waals surface area contributed by atoms with Gasteiger partial charge in [0.2, 0.25) is 53.2 Å². The number of imidazole rings is 1. The summed E-state index contributed by atoms with van der Waals surface area (Å²) in [6.45, 7) is 2.90. The molecule has 5 aromatic carbocycles. The van der Waals surface area contributed by atoms with Crippen LogP contribution < -0.4 is 53.0 Å². The molecule has 8 atom stereocenters. The van der Waals surface area contributed by atoms with Crippen LogP contribution in [0.5, 0.6) is 5.75 Å². The van der Waals surface area contributed by atoms with Crippen molar-refractivity contribution in [3.05, 3.63) is 190 Å². The molecule has 0 spiro atoms. The molecule has 516 valence electrons. The van der Waals surface area contributed by atoms with Crippen LogP contribution in [0.2, 0.25) is 0 Å². The summed E-state index contributed by atoms with van der Waals surface area (Å²) < 4.78 is 35.2. The zero-order valence-corrected chi connectivity index (χ0v) is 54.1. The maximum atomic E-state index is 15.3. The molecule has 10 amide bonds. The lowest BCUT2D eigenvalue weighted by Crippen LogP contribution is -2.63. The minimum atomic E-state index is -2.03. The molecule has 14 N–H and O–H groups in total. The fourth-order valence-corrected chi connectivity index (χ4v) is 12.3. The number of primary amides is 1. The molecule has 0 aliphatic carbocycles. The first-order chi connectivity index (χ1) is 47.4. The third-order valence-corrected chi connectivity index (χ3v) is 17.7. The van der Waals surface area contributed by atoms with Crippen molar-refractivity contribution in [2.24, 2.45) is 5.73 Å². The minimum absolute atomic E-state index is 0.00836. The van der Waals surface area contributed by atoms with Gasteiger partial charge in [-0.3, -0.25) is 52.7 Å². The van der Waals surface area contributed by atoms with Crippen molar-refractivity contribution in [3.63, 3.8) is 0 Å². The summed E-state index contributed by atoms with van der Waals surface area (Å²) in [7, 11) is 1.46. The number of aliphatic carboxylic acids is 1. The molecule has 27 nitrogen and oxygen atoms in total. The number of H-pyrrole nitrogens is 3. The van der Waals surface area contributed by atoms with Gasteiger partial charge in [0, 0.05) is 96.8 Å². The Morgan fingerprint density at radius 2 is 1.22 bits per heavy atom. The highest BCUT2D eigenvalue weighted by molar-refractivity contribution is 6.01. The zero-order valence-electron chi connectivity index (χ0n) is 54.1. The Bertz CT molecular complexity index is 4370. The molecule has 3 aromatic heterocycles. The molecule has 8 aromatic rings. The van der Waals surface area contributed by atoms with Crippen molar-refractivity contribution in [2.45, 2.75) is 126 Å². The average Bonchev–Trinajstić information content (AvgIpc) is 1.69. The molecule has 0 radical (unpaired) electrons. The van der Waals surface area contributed by atoms with Gasteiger partial charge in [-0.25, -0.2) is 13.8 Å². The monoisotopic (exact) mass is 1360 g/mol. The van der Waals surface area contributed by atoms with Crippen molar-refractivity contribution in [1.82, 2.24) is 67.4 Å². The Balaban J connectivity index is 1.01. The van der Waals surface area contributed by atoms with Gasteiger partial charge in [-0.1, -0.05) is 48.5 Å². The lowest BCUT2D eigenvalue weighted by Gasteiger charge is -2.37. The van der Waals surface area contributed by atoms with Gasteiger partial charge in [0.25, 0.3) is 5.91 Å². The molecule has 6 heterocycles. The fourth-order valence-electron chi connectivity index (χ4n) is 12.3. The summed E-state index contributed by atoms with van der Waals surface area (Å²) in [5.74, 6) is -11.2. The smallest absolute Gasteiger partial charge is 0.305 e. The van der Waals surface area contributed by atoms with E-state index in [9.17, 15) is 47.4 Å². The van der Waals surface area contributed by atoms with Crippen LogP contribution in [-0.2, 0) is 93.0 Å². The Morgan fingerprint density at radius 1 is 0.646 bits per heavy atom. The highest BCUT2D eigenvalue weighted by Crippen LogP contribution is 2.32. The van der Waals surface area contributed by atoms with Crippen molar-refractivity contribution < 1.29 is 71.4 Å². The zero-order chi connectivity index (χ0) is 70.7. The van der Waals surface area contributed by atoms with E-state index < -0.39 is 137 Å². The van der Waals surface area contributed by atoms with Crippen LogP contribution in [0, 0.1) is 11.6 Å².